The van der Waals surface area contributed by atoms with Gasteiger partial charge in [0.25, 0.3) is 0 Å². The Bertz CT molecular complexity index is 419. The summed E-state index contributed by atoms with van der Waals surface area (Å²) in [5, 5.41) is 0. The summed E-state index contributed by atoms with van der Waals surface area (Å²) >= 11 is 0. The van der Waals surface area contributed by atoms with Crippen molar-refractivity contribution in [2.24, 2.45) is 0 Å². The average molecular weight is 232 g/mol. The molecule has 2 atom stereocenters. The minimum atomic E-state index is 0.400. The first-order valence-corrected chi connectivity index (χ1v) is 6.51. The van der Waals surface area contributed by atoms with Gasteiger partial charge in [-0.2, -0.15) is 0 Å². The van der Waals surface area contributed by atoms with Gasteiger partial charge in [-0.15, -0.1) is 0 Å². The molecular formula is C14H20N2O. The van der Waals surface area contributed by atoms with E-state index in [1.807, 2.05) is 6.07 Å². The molecule has 17 heavy (non-hydrogen) atoms. The molecule has 1 saturated heterocycles. The van der Waals surface area contributed by atoms with E-state index in [-0.39, 0.29) is 0 Å². The van der Waals surface area contributed by atoms with E-state index in [1.165, 1.54) is 24.1 Å². The number of nitrogens with two attached hydrogens (primary N) is 1. The van der Waals surface area contributed by atoms with Gasteiger partial charge in [-0.1, -0.05) is 6.07 Å². The van der Waals surface area contributed by atoms with Gasteiger partial charge in [0.05, 0.1) is 12.2 Å². The van der Waals surface area contributed by atoms with Crippen LogP contribution in [0, 0.1) is 0 Å². The second-order valence-corrected chi connectivity index (χ2v) is 5.23. The van der Waals surface area contributed by atoms with Crippen LogP contribution in [0.25, 0.3) is 0 Å². The van der Waals surface area contributed by atoms with Crippen molar-refractivity contribution in [3.63, 3.8) is 0 Å². The summed E-state index contributed by atoms with van der Waals surface area (Å²) in [6.07, 6.45) is 4.36. The number of hydrogen-bond donors (Lipinski definition) is 1. The third-order valence-corrected chi connectivity index (χ3v) is 3.85. The van der Waals surface area contributed by atoms with Gasteiger partial charge in [0.2, 0.25) is 0 Å². The summed E-state index contributed by atoms with van der Waals surface area (Å²) in [7, 11) is 0. The van der Waals surface area contributed by atoms with Crippen molar-refractivity contribution in [3.8, 4) is 0 Å². The normalized spacial score (nSPS) is 27.5. The number of nitrogens with zero attached hydrogens (tertiary/aromatic N) is 1. The standard InChI is InChI=1S/C14H20N2O/c1-10-2-5-13(17-10)9-16-7-6-11-3-4-12(15)8-14(11)16/h3-4,8,10,13H,2,5-7,9,15H2,1H3. The average Bonchev–Trinajstić information content (AvgIpc) is 2.87. The Hall–Kier alpha value is -1.22. The van der Waals surface area contributed by atoms with Gasteiger partial charge in [-0.05, 0) is 43.9 Å². The maximum Gasteiger partial charge on any atom is 0.0754 e. The first-order chi connectivity index (χ1) is 8.22. The highest BCUT2D eigenvalue weighted by molar-refractivity contribution is 5.64. The number of fused-ring (bicyclic) bond motifs is 1. The van der Waals surface area contributed by atoms with Crippen LogP contribution in [0.2, 0.25) is 0 Å². The highest BCUT2D eigenvalue weighted by Gasteiger charge is 2.27. The van der Waals surface area contributed by atoms with E-state index in [9.17, 15) is 0 Å². The molecule has 3 nitrogen and oxygen atoms in total. The van der Waals surface area contributed by atoms with Gasteiger partial charge in [0.1, 0.15) is 0 Å². The SMILES string of the molecule is CC1CCC(CN2CCc3ccc(N)cc32)O1. The molecule has 0 spiro atoms. The third-order valence-electron chi connectivity index (χ3n) is 3.85. The summed E-state index contributed by atoms with van der Waals surface area (Å²) in [4.78, 5) is 2.42. The Labute approximate surface area is 103 Å². The lowest BCUT2D eigenvalue weighted by Gasteiger charge is -2.23. The van der Waals surface area contributed by atoms with Crippen LogP contribution < -0.4 is 10.6 Å². The van der Waals surface area contributed by atoms with Crippen LogP contribution in [0.1, 0.15) is 25.3 Å². The zero-order valence-corrected chi connectivity index (χ0v) is 10.4. The summed E-state index contributed by atoms with van der Waals surface area (Å²) < 4.78 is 5.90. The third kappa shape index (κ3) is 2.12. The van der Waals surface area contributed by atoms with Crippen LogP contribution in [0.5, 0.6) is 0 Å². The van der Waals surface area contributed by atoms with E-state index >= 15 is 0 Å². The Balaban J connectivity index is 1.73. The number of benzene rings is 1. The fraction of sp³-hybridized carbons (Fsp3) is 0.571. The second kappa shape index (κ2) is 4.22. The van der Waals surface area contributed by atoms with Gasteiger partial charge >= 0.3 is 0 Å². The lowest BCUT2D eigenvalue weighted by atomic mass is 10.1. The summed E-state index contributed by atoms with van der Waals surface area (Å²) in [5.41, 5.74) is 9.46. The molecule has 0 saturated carbocycles. The van der Waals surface area contributed by atoms with Crippen LogP contribution in [0.15, 0.2) is 18.2 Å². The topological polar surface area (TPSA) is 38.5 Å². The maximum absolute atomic E-state index is 5.90. The van der Waals surface area contributed by atoms with E-state index in [4.69, 9.17) is 10.5 Å². The zero-order chi connectivity index (χ0) is 11.8. The second-order valence-electron chi connectivity index (χ2n) is 5.23. The van der Waals surface area contributed by atoms with Crippen molar-refractivity contribution in [1.82, 2.24) is 0 Å². The van der Waals surface area contributed by atoms with Crippen LogP contribution >= 0.6 is 0 Å². The van der Waals surface area contributed by atoms with Gasteiger partial charge < -0.3 is 15.4 Å². The number of nitrogen functional groups attached to an aromatic ring is 1. The molecule has 0 bridgehead atoms. The number of hydrogen-bond acceptors (Lipinski definition) is 3. The molecule has 2 N–H and O–H groups in total. The largest absolute Gasteiger partial charge is 0.399 e. The monoisotopic (exact) mass is 232 g/mol. The molecule has 0 aliphatic carbocycles. The molecule has 1 fully saturated rings. The molecule has 0 radical (unpaired) electrons. The summed E-state index contributed by atoms with van der Waals surface area (Å²) in [6.45, 7) is 4.28. The molecule has 2 unspecified atom stereocenters. The smallest absolute Gasteiger partial charge is 0.0754 e. The van der Waals surface area contributed by atoms with Crippen LogP contribution in [0.4, 0.5) is 11.4 Å². The molecule has 0 amide bonds. The van der Waals surface area contributed by atoms with Crippen molar-refractivity contribution in [3.05, 3.63) is 23.8 Å². The maximum atomic E-state index is 5.90. The van der Waals surface area contributed by atoms with Crippen molar-refractivity contribution < 1.29 is 4.74 Å². The minimum Gasteiger partial charge on any atom is -0.399 e. The van der Waals surface area contributed by atoms with E-state index in [1.54, 1.807) is 0 Å². The Morgan fingerprint density at radius 3 is 3.06 bits per heavy atom. The highest BCUT2D eigenvalue weighted by Crippen LogP contribution is 2.31. The first-order valence-electron chi connectivity index (χ1n) is 6.51. The predicted molar refractivity (Wildman–Crippen MR) is 70.3 cm³/mol. The molecular weight excluding hydrogens is 212 g/mol. The van der Waals surface area contributed by atoms with Crippen LogP contribution in [0.3, 0.4) is 0 Å². The number of rotatable bonds is 2. The Kier molecular flexibility index (Phi) is 2.71. The van der Waals surface area contributed by atoms with Gasteiger partial charge in [0, 0.05) is 24.5 Å². The molecule has 1 aromatic carbocycles. The van der Waals surface area contributed by atoms with Gasteiger partial charge in [-0.3, -0.25) is 0 Å². The van der Waals surface area contributed by atoms with E-state index < -0.39 is 0 Å². The van der Waals surface area contributed by atoms with E-state index in [2.05, 4.69) is 24.0 Å². The van der Waals surface area contributed by atoms with Gasteiger partial charge in [0.15, 0.2) is 0 Å². The van der Waals surface area contributed by atoms with Crippen molar-refractivity contribution >= 4 is 11.4 Å². The predicted octanol–water partition coefficient (Wildman–Crippen LogP) is 2.20. The fourth-order valence-electron chi connectivity index (χ4n) is 2.92. The van der Waals surface area contributed by atoms with E-state index in [0.717, 1.165) is 25.2 Å². The Morgan fingerprint density at radius 2 is 2.29 bits per heavy atom. The summed E-state index contributed by atoms with van der Waals surface area (Å²) in [5.74, 6) is 0. The number of anilines is 2. The van der Waals surface area contributed by atoms with Crippen LogP contribution in [-0.4, -0.2) is 25.3 Å². The first kappa shape index (κ1) is 10.9. The van der Waals surface area contributed by atoms with E-state index in [0.29, 0.717) is 12.2 Å². The van der Waals surface area contributed by atoms with Crippen molar-refractivity contribution in [1.29, 1.82) is 0 Å². The van der Waals surface area contributed by atoms with Crippen LogP contribution in [-0.2, 0) is 11.2 Å². The van der Waals surface area contributed by atoms with Crippen molar-refractivity contribution in [2.75, 3.05) is 23.7 Å². The highest BCUT2D eigenvalue weighted by atomic mass is 16.5. The quantitative estimate of drug-likeness (QED) is 0.794. The minimum absolute atomic E-state index is 0.400. The molecule has 2 aliphatic heterocycles. The molecule has 3 rings (SSSR count). The molecule has 1 aromatic rings. The number of ether oxygens (including phenoxy) is 1. The molecule has 2 aliphatic rings. The van der Waals surface area contributed by atoms with Crippen molar-refractivity contribution in [2.45, 2.75) is 38.4 Å². The lowest BCUT2D eigenvalue weighted by molar-refractivity contribution is 0.0602. The lowest BCUT2D eigenvalue weighted by Crippen LogP contribution is -2.31. The fourth-order valence-corrected chi connectivity index (χ4v) is 2.92. The molecule has 92 valence electrons. The molecule has 2 heterocycles. The van der Waals surface area contributed by atoms with Gasteiger partial charge in [-0.25, -0.2) is 0 Å². The summed E-state index contributed by atoms with van der Waals surface area (Å²) in [6, 6.07) is 6.25. The Morgan fingerprint density at radius 1 is 1.41 bits per heavy atom. The molecule has 3 heteroatoms. The zero-order valence-electron chi connectivity index (χ0n) is 10.4. The molecule has 0 aromatic heterocycles.